The van der Waals surface area contributed by atoms with Crippen LogP contribution in [-0.4, -0.2) is 23.6 Å². The van der Waals surface area contributed by atoms with Crippen molar-refractivity contribution in [2.24, 2.45) is 5.73 Å². The summed E-state index contributed by atoms with van der Waals surface area (Å²) in [6.07, 6.45) is 2.09. The molecule has 1 unspecified atom stereocenters. The summed E-state index contributed by atoms with van der Waals surface area (Å²) in [7, 11) is 0. The predicted octanol–water partition coefficient (Wildman–Crippen LogP) is 4.36. The maximum atomic E-state index is 12.3. The maximum absolute atomic E-state index is 12.3. The summed E-state index contributed by atoms with van der Waals surface area (Å²) in [6.45, 7) is 5.89. The Morgan fingerprint density at radius 1 is 1.13 bits per heavy atom. The van der Waals surface area contributed by atoms with E-state index in [0.29, 0.717) is 24.2 Å². The highest BCUT2D eigenvalue weighted by Crippen LogP contribution is 2.26. The summed E-state index contributed by atoms with van der Waals surface area (Å²) < 4.78 is 11.0. The van der Waals surface area contributed by atoms with Crippen LogP contribution in [0.25, 0.3) is 11.0 Å². The lowest BCUT2D eigenvalue weighted by Gasteiger charge is -2.21. The molecule has 2 amide bonds. The van der Waals surface area contributed by atoms with Crippen LogP contribution < -0.4 is 16.4 Å². The summed E-state index contributed by atoms with van der Waals surface area (Å²) in [5.74, 6) is -0.342. The van der Waals surface area contributed by atoms with Crippen molar-refractivity contribution in [3.05, 3.63) is 65.9 Å². The maximum Gasteiger partial charge on any atom is 0.319 e. The van der Waals surface area contributed by atoms with Crippen molar-refractivity contribution in [1.29, 1.82) is 0 Å². The second-order valence-electron chi connectivity index (χ2n) is 8.52. The second kappa shape index (κ2) is 9.66. The number of hydrogen-bond acceptors (Lipinski definition) is 5. The van der Waals surface area contributed by atoms with E-state index in [1.165, 1.54) is 0 Å². The van der Waals surface area contributed by atoms with E-state index in [2.05, 4.69) is 10.6 Å². The highest BCUT2D eigenvalue weighted by atomic mass is 16.6. The number of anilines is 1. The molecule has 164 valence electrons. The van der Waals surface area contributed by atoms with E-state index >= 15 is 0 Å². The number of benzene rings is 2. The van der Waals surface area contributed by atoms with Crippen molar-refractivity contribution >= 4 is 28.7 Å². The largest absolute Gasteiger partial charge is 0.464 e. The van der Waals surface area contributed by atoms with Crippen molar-refractivity contribution in [2.75, 3.05) is 5.32 Å². The zero-order valence-electron chi connectivity index (χ0n) is 18.1. The van der Waals surface area contributed by atoms with Gasteiger partial charge in [-0.25, -0.2) is 4.79 Å². The molecule has 1 atom stereocenters. The van der Waals surface area contributed by atoms with Gasteiger partial charge in [0.15, 0.2) is 0 Å². The fourth-order valence-corrected chi connectivity index (χ4v) is 3.29. The molecular formula is C24H29N3O4. The van der Waals surface area contributed by atoms with Gasteiger partial charge >= 0.3 is 12.0 Å². The molecule has 0 aliphatic heterocycles. The standard InChI is InChI=1S/C24H29N3O4/c1-24(2,3)31-21(28)14-19(25)11-18-13-20(12-17-9-10-30-22(17)18)27-23(29)26-15-16-7-5-4-6-8-16/h4-10,12-13,19H,11,14-15,25H2,1-3H3,(H2,26,27,29). The second-order valence-corrected chi connectivity index (χ2v) is 8.52. The number of carbonyl (C=O) groups excluding carboxylic acids is 2. The van der Waals surface area contributed by atoms with Crippen LogP contribution in [0.5, 0.6) is 0 Å². The van der Waals surface area contributed by atoms with E-state index in [-0.39, 0.29) is 18.4 Å². The first-order valence-corrected chi connectivity index (χ1v) is 10.3. The van der Waals surface area contributed by atoms with Gasteiger partial charge in [0.05, 0.1) is 12.7 Å². The molecule has 7 heteroatoms. The Hall–Kier alpha value is -3.32. The van der Waals surface area contributed by atoms with E-state index < -0.39 is 11.6 Å². The highest BCUT2D eigenvalue weighted by Gasteiger charge is 2.20. The molecule has 1 aromatic heterocycles. The summed E-state index contributed by atoms with van der Waals surface area (Å²) in [4.78, 5) is 24.4. The monoisotopic (exact) mass is 423 g/mol. The van der Waals surface area contributed by atoms with Crippen molar-refractivity contribution in [3.8, 4) is 0 Å². The van der Waals surface area contributed by atoms with Crippen LogP contribution in [0.1, 0.15) is 38.3 Å². The highest BCUT2D eigenvalue weighted by molar-refractivity contribution is 5.93. The first kappa shape index (κ1) is 22.4. The Balaban J connectivity index is 1.66. The molecule has 7 nitrogen and oxygen atoms in total. The lowest BCUT2D eigenvalue weighted by atomic mass is 10.0. The van der Waals surface area contributed by atoms with Crippen LogP contribution >= 0.6 is 0 Å². The van der Waals surface area contributed by atoms with Gasteiger partial charge in [-0.15, -0.1) is 0 Å². The summed E-state index contributed by atoms with van der Waals surface area (Å²) in [5, 5.41) is 6.54. The van der Waals surface area contributed by atoms with Crippen molar-refractivity contribution < 1.29 is 18.7 Å². The smallest absolute Gasteiger partial charge is 0.319 e. The molecule has 4 N–H and O–H groups in total. The molecule has 0 aliphatic carbocycles. The van der Waals surface area contributed by atoms with E-state index in [9.17, 15) is 9.59 Å². The molecule has 0 radical (unpaired) electrons. The van der Waals surface area contributed by atoms with Gasteiger partial charge in [-0.1, -0.05) is 30.3 Å². The first-order chi connectivity index (χ1) is 14.7. The quantitative estimate of drug-likeness (QED) is 0.490. The van der Waals surface area contributed by atoms with Crippen molar-refractivity contribution in [1.82, 2.24) is 5.32 Å². The minimum absolute atomic E-state index is 0.0920. The summed E-state index contributed by atoms with van der Waals surface area (Å²) >= 11 is 0. The normalized spacial score (nSPS) is 12.4. The van der Waals surface area contributed by atoms with E-state index in [1.807, 2.05) is 69.3 Å². The number of nitrogens with one attached hydrogen (secondary N) is 2. The molecule has 0 spiro atoms. The molecule has 31 heavy (non-hydrogen) atoms. The molecule has 0 fully saturated rings. The zero-order chi connectivity index (χ0) is 22.4. The Bertz CT molecular complexity index is 1040. The average Bonchev–Trinajstić information content (AvgIpc) is 3.14. The number of furan rings is 1. The molecule has 3 rings (SSSR count). The Morgan fingerprint density at radius 2 is 1.87 bits per heavy atom. The molecule has 0 saturated carbocycles. The third-order valence-corrected chi connectivity index (χ3v) is 4.51. The number of hydrogen-bond donors (Lipinski definition) is 3. The predicted molar refractivity (Wildman–Crippen MR) is 121 cm³/mol. The SMILES string of the molecule is CC(C)(C)OC(=O)CC(N)Cc1cc(NC(=O)NCc2ccccc2)cc2ccoc12. The van der Waals surface area contributed by atoms with Gasteiger partial charge in [-0.2, -0.15) is 0 Å². The van der Waals surface area contributed by atoms with Gasteiger partial charge in [0.25, 0.3) is 0 Å². The summed E-state index contributed by atoms with van der Waals surface area (Å²) in [6, 6.07) is 14.4. The first-order valence-electron chi connectivity index (χ1n) is 10.3. The van der Waals surface area contributed by atoms with Gasteiger partial charge in [0, 0.05) is 23.7 Å². The number of nitrogens with two attached hydrogens (primary N) is 1. The summed E-state index contributed by atoms with van der Waals surface area (Å²) in [5.41, 5.74) is 8.79. The van der Waals surface area contributed by atoms with Crippen LogP contribution in [-0.2, 0) is 22.5 Å². The number of carbonyl (C=O) groups is 2. The number of esters is 1. The number of fused-ring (bicyclic) bond motifs is 1. The van der Waals surface area contributed by atoms with E-state index in [4.69, 9.17) is 14.9 Å². The number of amides is 2. The fraction of sp³-hybridized carbons (Fsp3) is 0.333. The van der Waals surface area contributed by atoms with Gasteiger partial charge in [0.1, 0.15) is 11.2 Å². The zero-order valence-corrected chi connectivity index (χ0v) is 18.1. The van der Waals surface area contributed by atoms with Crippen LogP contribution in [0.15, 0.2) is 59.2 Å². The third kappa shape index (κ3) is 6.86. The van der Waals surface area contributed by atoms with Crippen molar-refractivity contribution in [2.45, 2.75) is 51.8 Å². The van der Waals surface area contributed by atoms with Gasteiger partial charge in [0.2, 0.25) is 0 Å². The van der Waals surface area contributed by atoms with Crippen molar-refractivity contribution in [3.63, 3.8) is 0 Å². The lowest BCUT2D eigenvalue weighted by Crippen LogP contribution is -2.31. The molecule has 0 saturated heterocycles. The van der Waals surface area contributed by atoms with E-state index in [1.54, 1.807) is 6.26 Å². The van der Waals surface area contributed by atoms with E-state index in [0.717, 1.165) is 16.5 Å². The molecule has 3 aromatic rings. The number of rotatable bonds is 7. The van der Waals surface area contributed by atoms with Crippen LogP contribution in [0, 0.1) is 0 Å². The Labute approximate surface area is 181 Å². The minimum Gasteiger partial charge on any atom is -0.464 e. The Morgan fingerprint density at radius 3 is 2.58 bits per heavy atom. The van der Waals surface area contributed by atoms with Crippen LogP contribution in [0.3, 0.4) is 0 Å². The fourth-order valence-electron chi connectivity index (χ4n) is 3.29. The van der Waals surface area contributed by atoms with Gasteiger partial charge < -0.3 is 25.5 Å². The Kier molecular flexibility index (Phi) is 6.97. The van der Waals surface area contributed by atoms with Gasteiger partial charge in [-0.3, -0.25) is 4.79 Å². The third-order valence-electron chi connectivity index (χ3n) is 4.51. The van der Waals surface area contributed by atoms with Gasteiger partial charge in [-0.05, 0) is 56.5 Å². The molecule has 0 bridgehead atoms. The van der Waals surface area contributed by atoms with Crippen LogP contribution in [0.4, 0.5) is 10.5 Å². The topological polar surface area (TPSA) is 107 Å². The molecule has 1 heterocycles. The number of ether oxygens (including phenoxy) is 1. The average molecular weight is 424 g/mol. The van der Waals surface area contributed by atoms with Crippen LogP contribution in [0.2, 0.25) is 0 Å². The molecular weight excluding hydrogens is 394 g/mol. The molecule has 0 aliphatic rings. The molecule has 2 aromatic carbocycles. The minimum atomic E-state index is -0.554. The lowest BCUT2D eigenvalue weighted by molar-refractivity contribution is -0.155. The number of urea groups is 1.